The Morgan fingerprint density at radius 2 is 1.54 bits per heavy atom. The summed E-state index contributed by atoms with van der Waals surface area (Å²) in [6, 6.07) is 30.4. The van der Waals surface area contributed by atoms with E-state index in [-0.39, 0.29) is 29.9 Å². The lowest BCUT2D eigenvalue weighted by Crippen LogP contribution is -2.46. The van der Waals surface area contributed by atoms with Crippen LogP contribution in [0.15, 0.2) is 109 Å². The van der Waals surface area contributed by atoms with Gasteiger partial charge in [0, 0.05) is 55.3 Å². The third kappa shape index (κ3) is 11.0. The molecule has 0 bridgehead atoms. The number of hydrogen-bond acceptors (Lipinski definition) is 9. The van der Waals surface area contributed by atoms with E-state index in [0.29, 0.717) is 18.6 Å². The lowest BCUT2D eigenvalue weighted by Gasteiger charge is -2.28. The van der Waals surface area contributed by atoms with Crippen molar-refractivity contribution in [2.75, 3.05) is 38.3 Å². The van der Waals surface area contributed by atoms with Gasteiger partial charge in [0.25, 0.3) is 11.8 Å². The highest BCUT2D eigenvalue weighted by atomic mass is 32.2. The van der Waals surface area contributed by atoms with Crippen LogP contribution in [0.4, 0.5) is 5.69 Å². The van der Waals surface area contributed by atoms with Crippen molar-refractivity contribution in [3.05, 3.63) is 147 Å². The second-order valence-corrected chi connectivity index (χ2v) is 16.3. The molecule has 13 heteroatoms. The molecule has 3 atom stereocenters. The van der Waals surface area contributed by atoms with Crippen molar-refractivity contribution in [3.63, 3.8) is 0 Å². The third-order valence-corrected chi connectivity index (χ3v) is 11.2. The summed E-state index contributed by atoms with van der Waals surface area (Å²) >= 11 is 1.44. The number of rotatable bonds is 17. The van der Waals surface area contributed by atoms with E-state index < -0.39 is 40.0 Å². The van der Waals surface area contributed by atoms with Crippen molar-refractivity contribution < 1.29 is 27.9 Å². The summed E-state index contributed by atoms with van der Waals surface area (Å²) in [6.45, 7) is 2.39. The van der Waals surface area contributed by atoms with Crippen LogP contribution >= 0.6 is 11.3 Å². The molecule has 2 amide bonds. The average molecular weight is 770 g/mol. The summed E-state index contributed by atoms with van der Waals surface area (Å²) in [4.78, 5) is 33.8. The Hall–Kier alpha value is -5.08. The first-order valence-corrected chi connectivity index (χ1v) is 20.2. The van der Waals surface area contributed by atoms with Gasteiger partial charge in [-0.3, -0.25) is 13.9 Å². The van der Waals surface area contributed by atoms with E-state index in [1.165, 1.54) is 41.5 Å². The van der Waals surface area contributed by atoms with Gasteiger partial charge in [-0.1, -0.05) is 72.8 Å². The maximum Gasteiger partial charge on any atom is 0.254 e. The Bertz CT molecular complexity index is 2130. The molecule has 0 aliphatic rings. The zero-order valence-corrected chi connectivity index (χ0v) is 32.7. The quantitative estimate of drug-likeness (QED) is 0.114. The Balaban J connectivity index is 1.44. The van der Waals surface area contributed by atoms with Crippen LogP contribution in [0.25, 0.3) is 0 Å². The fourth-order valence-corrected chi connectivity index (χ4v) is 7.42. The van der Waals surface area contributed by atoms with Crippen molar-refractivity contribution in [2.45, 2.75) is 44.5 Å². The highest BCUT2D eigenvalue weighted by molar-refractivity contribution is 7.92. The molecule has 0 saturated carbocycles. The number of aromatic nitrogens is 1. The SMILES string of the molecule is COc1cccc([C@@H](NC[C@H](Cc2ccccc2)NC(=O)c2cc(C(=O)N(C)Cc3nc(C)cs3)cc(N(C)S(C)(=O)=O)c2)[C@H](O)Cc2ccccc2)c1. The van der Waals surface area contributed by atoms with Gasteiger partial charge in [0.1, 0.15) is 10.8 Å². The maximum absolute atomic E-state index is 14.2. The summed E-state index contributed by atoms with van der Waals surface area (Å²) in [5.74, 6) is -0.231. The molecule has 284 valence electrons. The van der Waals surface area contributed by atoms with Crippen LogP contribution in [-0.4, -0.2) is 81.4 Å². The van der Waals surface area contributed by atoms with Gasteiger partial charge in [-0.2, -0.15) is 0 Å². The van der Waals surface area contributed by atoms with Crippen molar-refractivity contribution in [1.29, 1.82) is 0 Å². The summed E-state index contributed by atoms with van der Waals surface area (Å²) in [5, 5.41) is 20.9. The number of amides is 2. The molecule has 3 N–H and O–H groups in total. The molecule has 0 fully saturated rings. The molecule has 0 unspecified atom stereocenters. The van der Waals surface area contributed by atoms with E-state index >= 15 is 0 Å². The Kier molecular flexibility index (Phi) is 13.6. The van der Waals surface area contributed by atoms with E-state index in [9.17, 15) is 23.1 Å². The summed E-state index contributed by atoms with van der Waals surface area (Å²) in [5.41, 5.74) is 4.08. The number of aliphatic hydroxyl groups excluding tert-OH is 1. The molecular formula is C41H47N5O6S2. The number of benzene rings is 4. The molecule has 5 aromatic rings. The zero-order valence-electron chi connectivity index (χ0n) is 31.1. The van der Waals surface area contributed by atoms with Gasteiger partial charge in [-0.05, 0) is 60.4 Å². The topological polar surface area (TPSA) is 141 Å². The number of nitrogens with zero attached hydrogens (tertiary/aromatic N) is 3. The first kappa shape index (κ1) is 40.1. The van der Waals surface area contributed by atoms with E-state index in [2.05, 4.69) is 15.6 Å². The zero-order chi connectivity index (χ0) is 38.8. The largest absolute Gasteiger partial charge is 0.497 e. The summed E-state index contributed by atoms with van der Waals surface area (Å²) < 4.78 is 31.8. The molecule has 1 aromatic heterocycles. The van der Waals surface area contributed by atoms with Crippen LogP contribution in [0.1, 0.15) is 54.1 Å². The minimum atomic E-state index is -3.73. The first-order valence-electron chi connectivity index (χ1n) is 17.5. The summed E-state index contributed by atoms with van der Waals surface area (Å²) in [6.07, 6.45) is 1.07. The Morgan fingerprint density at radius 1 is 0.889 bits per heavy atom. The number of ether oxygens (including phenoxy) is 1. The van der Waals surface area contributed by atoms with Crippen molar-refractivity contribution in [2.24, 2.45) is 0 Å². The predicted octanol–water partition coefficient (Wildman–Crippen LogP) is 5.40. The first-order chi connectivity index (χ1) is 25.8. The van der Waals surface area contributed by atoms with Crippen molar-refractivity contribution >= 4 is 38.9 Å². The summed E-state index contributed by atoms with van der Waals surface area (Å²) in [7, 11) is 0.883. The average Bonchev–Trinajstić information content (AvgIpc) is 3.58. The van der Waals surface area contributed by atoms with Crippen molar-refractivity contribution in [1.82, 2.24) is 20.5 Å². The third-order valence-electron chi connectivity index (χ3n) is 9.04. The van der Waals surface area contributed by atoms with Gasteiger partial charge < -0.3 is 25.4 Å². The van der Waals surface area contributed by atoms with Gasteiger partial charge in [0.2, 0.25) is 10.0 Å². The fraction of sp³-hybridized carbons (Fsp3) is 0.293. The molecule has 0 saturated heterocycles. The van der Waals surface area contributed by atoms with Gasteiger partial charge in [-0.25, -0.2) is 13.4 Å². The van der Waals surface area contributed by atoms with Gasteiger partial charge in [0.15, 0.2) is 0 Å². The molecule has 11 nitrogen and oxygen atoms in total. The van der Waals surface area contributed by atoms with E-state index in [1.807, 2.05) is 97.2 Å². The number of carbonyl (C=O) groups excluding carboxylic acids is 2. The number of sulfonamides is 1. The maximum atomic E-state index is 14.2. The van der Waals surface area contributed by atoms with Crippen molar-refractivity contribution in [3.8, 4) is 5.75 Å². The van der Waals surface area contributed by atoms with Crippen LogP contribution in [0.2, 0.25) is 0 Å². The van der Waals surface area contributed by atoms with Crippen LogP contribution in [0.5, 0.6) is 5.75 Å². The van der Waals surface area contributed by atoms with E-state index in [4.69, 9.17) is 4.74 Å². The number of aryl methyl sites for hydroxylation is 1. The number of anilines is 1. The minimum Gasteiger partial charge on any atom is -0.497 e. The molecule has 0 aliphatic heterocycles. The van der Waals surface area contributed by atoms with Gasteiger partial charge in [0.05, 0.1) is 37.7 Å². The van der Waals surface area contributed by atoms with Crippen LogP contribution in [-0.2, 0) is 29.4 Å². The Labute approximate surface area is 321 Å². The second kappa shape index (κ2) is 18.3. The molecule has 4 aromatic carbocycles. The molecule has 5 rings (SSSR count). The van der Waals surface area contributed by atoms with Gasteiger partial charge >= 0.3 is 0 Å². The lowest BCUT2D eigenvalue weighted by molar-refractivity contribution is 0.0785. The number of thiazole rings is 1. The number of carbonyl (C=O) groups is 2. The van der Waals surface area contributed by atoms with E-state index in [1.54, 1.807) is 14.2 Å². The second-order valence-electron chi connectivity index (χ2n) is 13.3. The monoisotopic (exact) mass is 769 g/mol. The molecular weight excluding hydrogens is 723 g/mol. The predicted molar refractivity (Wildman–Crippen MR) is 214 cm³/mol. The van der Waals surface area contributed by atoms with Gasteiger partial charge in [-0.15, -0.1) is 11.3 Å². The fourth-order valence-electron chi connectivity index (χ4n) is 6.10. The molecule has 1 heterocycles. The lowest BCUT2D eigenvalue weighted by atomic mass is 9.95. The molecule has 54 heavy (non-hydrogen) atoms. The minimum absolute atomic E-state index is 0.122. The van der Waals surface area contributed by atoms with E-state index in [0.717, 1.165) is 38.0 Å². The Morgan fingerprint density at radius 3 is 2.15 bits per heavy atom. The molecule has 0 aliphatic carbocycles. The number of methoxy groups -OCH3 is 1. The number of nitrogens with one attached hydrogen (secondary N) is 2. The highest BCUT2D eigenvalue weighted by Crippen LogP contribution is 2.26. The number of aliphatic hydroxyl groups is 1. The standard InChI is InChI=1S/C41H47N5O6S2/c1-28-27-53-38(43-28)26-45(2)41(49)33-21-32(22-35(23-33)46(3)54(5,50)51)40(48)44-34(19-29-13-8-6-9-14-29)25-42-39(31-17-12-18-36(24-31)52-4)37(47)20-30-15-10-7-11-16-30/h6-18,21-24,27,34,37,39,42,47H,19-20,25-26H2,1-5H3,(H,44,48)/t34-,37+,39+/m0/s1. The van der Waals surface area contributed by atoms with Crippen LogP contribution in [0.3, 0.4) is 0 Å². The highest BCUT2D eigenvalue weighted by Gasteiger charge is 2.26. The smallest absolute Gasteiger partial charge is 0.254 e. The van der Waals surface area contributed by atoms with Crippen LogP contribution in [0, 0.1) is 6.92 Å². The molecule has 0 radical (unpaired) electrons. The number of hydrogen-bond donors (Lipinski definition) is 3. The molecule has 0 spiro atoms. The normalized spacial score (nSPS) is 13.1. The van der Waals surface area contributed by atoms with Crippen LogP contribution < -0.4 is 19.7 Å².